The minimum Gasteiger partial charge on any atom is -0.477 e. The van der Waals surface area contributed by atoms with Gasteiger partial charge in [-0.1, -0.05) is 6.07 Å². The molecule has 0 spiro atoms. The predicted molar refractivity (Wildman–Crippen MR) is 79.9 cm³/mol. The topological polar surface area (TPSA) is 68.5 Å². The van der Waals surface area contributed by atoms with Crippen molar-refractivity contribution in [3.05, 3.63) is 45.6 Å². The summed E-state index contributed by atoms with van der Waals surface area (Å²) < 4.78 is 7.11. The number of carbonyl (C=O) groups is 1. The van der Waals surface area contributed by atoms with Gasteiger partial charge in [0.05, 0.1) is 23.2 Å². The summed E-state index contributed by atoms with van der Waals surface area (Å²) in [5.74, 6) is -1.20. The molecule has 0 bridgehead atoms. The van der Waals surface area contributed by atoms with Crippen LogP contribution >= 0.6 is 11.3 Å². The monoisotopic (exact) mass is 305 g/mol. The maximum Gasteiger partial charge on any atom is 0.341 e. The predicted octanol–water partition coefficient (Wildman–Crippen LogP) is 2.45. The molecular formula is C15H15NO4S. The normalized spacial score (nSPS) is 18.0. The third kappa shape index (κ3) is 2.77. The van der Waals surface area contributed by atoms with Crippen LogP contribution in [0.5, 0.6) is 0 Å². The van der Waals surface area contributed by atoms with Crippen molar-refractivity contribution in [1.82, 2.24) is 4.57 Å². The Kier molecular flexibility index (Phi) is 3.90. The van der Waals surface area contributed by atoms with Gasteiger partial charge in [-0.3, -0.25) is 4.79 Å². The van der Waals surface area contributed by atoms with Gasteiger partial charge in [-0.25, -0.2) is 4.79 Å². The molecule has 21 heavy (non-hydrogen) atoms. The average molecular weight is 305 g/mol. The van der Waals surface area contributed by atoms with E-state index < -0.39 is 11.5 Å². The van der Waals surface area contributed by atoms with Gasteiger partial charge < -0.3 is 14.4 Å². The number of aromatic nitrogens is 1. The third-order valence-electron chi connectivity index (χ3n) is 3.59. The van der Waals surface area contributed by atoms with E-state index >= 15 is 0 Å². The van der Waals surface area contributed by atoms with Crippen LogP contribution in [0.25, 0.3) is 10.6 Å². The molecule has 1 aliphatic rings. The Bertz CT molecular complexity index is 699. The molecule has 2 aromatic rings. The van der Waals surface area contributed by atoms with Gasteiger partial charge in [0.1, 0.15) is 5.56 Å². The lowest BCUT2D eigenvalue weighted by Crippen LogP contribution is -2.31. The second kappa shape index (κ2) is 5.83. The minimum absolute atomic E-state index is 0.0227. The van der Waals surface area contributed by atoms with E-state index in [1.165, 1.54) is 22.0 Å². The first kappa shape index (κ1) is 14.0. The van der Waals surface area contributed by atoms with Gasteiger partial charge in [-0.2, -0.15) is 0 Å². The van der Waals surface area contributed by atoms with E-state index in [1.54, 1.807) is 6.07 Å². The molecule has 1 aliphatic heterocycles. The quantitative estimate of drug-likeness (QED) is 0.942. The summed E-state index contributed by atoms with van der Waals surface area (Å²) in [6.45, 7) is 1.10. The molecule has 3 heterocycles. The largest absolute Gasteiger partial charge is 0.477 e. The highest BCUT2D eigenvalue weighted by atomic mass is 32.1. The number of aromatic carboxylic acids is 1. The molecule has 0 saturated carbocycles. The number of carboxylic acids is 1. The second-order valence-electron chi connectivity index (χ2n) is 4.97. The van der Waals surface area contributed by atoms with Gasteiger partial charge in [0.25, 0.3) is 5.56 Å². The lowest BCUT2D eigenvalue weighted by molar-refractivity contribution is 0.0691. The van der Waals surface area contributed by atoms with Gasteiger partial charge in [0.2, 0.25) is 0 Å². The van der Waals surface area contributed by atoms with Crippen LogP contribution in [-0.4, -0.2) is 28.4 Å². The van der Waals surface area contributed by atoms with Crippen LogP contribution in [0, 0.1) is 0 Å². The Morgan fingerprint density at radius 2 is 2.29 bits per heavy atom. The first-order chi connectivity index (χ1) is 10.2. The Balaban J connectivity index is 2.09. The molecule has 0 aliphatic carbocycles. The van der Waals surface area contributed by atoms with E-state index in [1.807, 2.05) is 17.5 Å². The fourth-order valence-corrected chi connectivity index (χ4v) is 3.31. The van der Waals surface area contributed by atoms with Crippen LogP contribution in [0.4, 0.5) is 0 Å². The highest BCUT2D eigenvalue weighted by molar-refractivity contribution is 7.13. The molecule has 1 atom stereocenters. The molecule has 1 unspecified atom stereocenters. The second-order valence-corrected chi connectivity index (χ2v) is 5.91. The van der Waals surface area contributed by atoms with Crippen molar-refractivity contribution < 1.29 is 14.6 Å². The first-order valence-corrected chi connectivity index (χ1v) is 7.67. The summed E-state index contributed by atoms with van der Waals surface area (Å²) in [6, 6.07) is 6.91. The van der Waals surface area contributed by atoms with Gasteiger partial charge in [-0.05, 0) is 36.4 Å². The summed E-state index contributed by atoms with van der Waals surface area (Å²) in [5.41, 5.74) is 0.0766. The van der Waals surface area contributed by atoms with E-state index in [0.717, 1.165) is 23.4 Å². The lowest BCUT2D eigenvalue weighted by atomic mass is 10.2. The Labute approximate surface area is 125 Å². The highest BCUT2D eigenvalue weighted by Gasteiger charge is 2.21. The molecule has 5 nitrogen and oxygen atoms in total. The highest BCUT2D eigenvalue weighted by Crippen LogP contribution is 2.25. The lowest BCUT2D eigenvalue weighted by Gasteiger charge is -2.16. The maximum absolute atomic E-state index is 12.4. The first-order valence-electron chi connectivity index (χ1n) is 6.79. The van der Waals surface area contributed by atoms with E-state index in [9.17, 15) is 9.59 Å². The average Bonchev–Trinajstić information content (AvgIpc) is 3.13. The van der Waals surface area contributed by atoms with Crippen molar-refractivity contribution >= 4 is 17.3 Å². The Hall–Kier alpha value is -1.92. The number of rotatable bonds is 4. The van der Waals surface area contributed by atoms with Crippen LogP contribution in [0.2, 0.25) is 0 Å². The summed E-state index contributed by atoms with van der Waals surface area (Å²) in [5, 5.41) is 11.1. The molecule has 1 N–H and O–H groups in total. The van der Waals surface area contributed by atoms with Crippen LogP contribution in [0.15, 0.2) is 34.4 Å². The minimum atomic E-state index is -1.20. The van der Waals surface area contributed by atoms with Crippen molar-refractivity contribution in [3.8, 4) is 10.6 Å². The molecule has 3 rings (SSSR count). The molecule has 2 aromatic heterocycles. The summed E-state index contributed by atoms with van der Waals surface area (Å²) >= 11 is 1.52. The molecule has 1 saturated heterocycles. The van der Waals surface area contributed by atoms with Crippen molar-refractivity contribution in [2.75, 3.05) is 6.61 Å². The molecule has 0 radical (unpaired) electrons. The van der Waals surface area contributed by atoms with Crippen LogP contribution in [0.3, 0.4) is 0 Å². The van der Waals surface area contributed by atoms with E-state index in [-0.39, 0.29) is 11.7 Å². The summed E-state index contributed by atoms with van der Waals surface area (Å²) in [6.07, 6.45) is 1.85. The molecule has 1 fully saturated rings. The fraction of sp³-hybridized carbons (Fsp3) is 0.333. The third-order valence-corrected chi connectivity index (χ3v) is 4.48. The zero-order valence-electron chi connectivity index (χ0n) is 11.3. The molecule has 0 aromatic carbocycles. The van der Waals surface area contributed by atoms with Crippen molar-refractivity contribution in [2.24, 2.45) is 0 Å². The van der Waals surface area contributed by atoms with Crippen LogP contribution in [-0.2, 0) is 11.3 Å². The number of pyridine rings is 1. The number of carboxylic acid groups (broad SMARTS) is 1. The van der Waals surface area contributed by atoms with Gasteiger partial charge in [0, 0.05) is 6.61 Å². The van der Waals surface area contributed by atoms with Crippen LogP contribution < -0.4 is 5.56 Å². The molecule has 6 heteroatoms. The number of ether oxygens (including phenoxy) is 1. The maximum atomic E-state index is 12.4. The summed E-state index contributed by atoms with van der Waals surface area (Å²) in [4.78, 5) is 24.6. The van der Waals surface area contributed by atoms with E-state index in [0.29, 0.717) is 13.2 Å². The number of hydrogen-bond donors (Lipinski definition) is 1. The van der Waals surface area contributed by atoms with Crippen molar-refractivity contribution in [1.29, 1.82) is 0 Å². The Morgan fingerprint density at radius 3 is 2.90 bits per heavy atom. The van der Waals surface area contributed by atoms with Crippen molar-refractivity contribution in [2.45, 2.75) is 25.5 Å². The van der Waals surface area contributed by atoms with E-state index in [2.05, 4.69) is 0 Å². The number of hydrogen-bond acceptors (Lipinski definition) is 4. The fourth-order valence-electron chi connectivity index (χ4n) is 2.55. The zero-order valence-corrected chi connectivity index (χ0v) is 12.1. The summed E-state index contributed by atoms with van der Waals surface area (Å²) in [7, 11) is 0. The number of nitrogens with zero attached hydrogens (tertiary/aromatic N) is 1. The van der Waals surface area contributed by atoms with Crippen LogP contribution in [0.1, 0.15) is 23.2 Å². The smallest absolute Gasteiger partial charge is 0.341 e. The van der Waals surface area contributed by atoms with Gasteiger partial charge >= 0.3 is 5.97 Å². The molecule has 110 valence electrons. The standard InChI is InChI=1S/C15H15NO4S/c17-14-11(15(18)19)5-6-12(13-4-2-8-21-13)16(14)9-10-3-1-7-20-10/h2,4-6,8,10H,1,3,7,9H2,(H,18,19). The molecular weight excluding hydrogens is 290 g/mol. The SMILES string of the molecule is O=C(O)c1ccc(-c2cccs2)n(CC2CCCO2)c1=O. The zero-order chi connectivity index (χ0) is 14.8. The Morgan fingerprint density at radius 1 is 1.43 bits per heavy atom. The van der Waals surface area contributed by atoms with Gasteiger partial charge in [-0.15, -0.1) is 11.3 Å². The molecule has 0 amide bonds. The van der Waals surface area contributed by atoms with E-state index in [4.69, 9.17) is 9.84 Å². The van der Waals surface area contributed by atoms with Gasteiger partial charge in [0.15, 0.2) is 0 Å². The van der Waals surface area contributed by atoms with Crippen molar-refractivity contribution in [3.63, 3.8) is 0 Å². The number of thiophene rings is 1.